The molecule has 23 heavy (non-hydrogen) atoms. The number of esters is 1. The molecule has 1 aliphatic rings. The van der Waals surface area contributed by atoms with E-state index >= 15 is 0 Å². The third kappa shape index (κ3) is 3.94. The molecular weight excluding hydrogens is 310 g/mol. The van der Waals surface area contributed by atoms with E-state index in [0.29, 0.717) is 23.1 Å². The SMILES string of the molecule is CCOC(=O)c1c(NC(=O)[C@H](C)CC)sc2c1CC[C@H](CC)C2. The number of hydrogen-bond acceptors (Lipinski definition) is 4. The van der Waals surface area contributed by atoms with Crippen molar-refractivity contribution in [2.24, 2.45) is 11.8 Å². The van der Waals surface area contributed by atoms with Crippen molar-refractivity contribution < 1.29 is 14.3 Å². The Kier molecular flexibility index (Phi) is 6.22. The van der Waals surface area contributed by atoms with Crippen molar-refractivity contribution in [2.45, 2.75) is 59.8 Å². The molecule has 0 spiro atoms. The maximum Gasteiger partial charge on any atom is 0.341 e. The van der Waals surface area contributed by atoms with Gasteiger partial charge in [-0.3, -0.25) is 4.79 Å². The van der Waals surface area contributed by atoms with Crippen LogP contribution in [0.3, 0.4) is 0 Å². The summed E-state index contributed by atoms with van der Waals surface area (Å²) in [5.74, 6) is 0.282. The van der Waals surface area contributed by atoms with Crippen LogP contribution in [0.1, 0.15) is 67.8 Å². The predicted molar refractivity (Wildman–Crippen MR) is 94.2 cm³/mol. The van der Waals surface area contributed by atoms with Crippen LogP contribution in [0.15, 0.2) is 0 Å². The monoisotopic (exact) mass is 337 g/mol. The summed E-state index contributed by atoms with van der Waals surface area (Å²) in [6.07, 6.45) is 4.94. The van der Waals surface area contributed by atoms with Gasteiger partial charge in [0.15, 0.2) is 0 Å². The van der Waals surface area contributed by atoms with Gasteiger partial charge < -0.3 is 10.1 Å². The summed E-state index contributed by atoms with van der Waals surface area (Å²) in [5.41, 5.74) is 1.69. The first-order chi connectivity index (χ1) is 11.0. The second-order valence-corrected chi connectivity index (χ2v) is 7.35. The molecule has 1 N–H and O–H groups in total. The lowest BCUT2D eigenvalue weighted by Crippen LogP contribution is -2.21. The molecule has 2 atom stereocenters. The lowest BCUT2D eigenvalue weighted by molar-refractivity contribution is -0.119. The van der Waals surface area contributed by atoms with Gasteiger partial charge in [0.1, 0.15) is 5.00 Å². The van der Waals surface area contributed by atoms with Crippen LogP contribution in [0.25, 0.3) is 0 Å². The standard InChI is InChI=1S/C18H27NO3S/c1-5-11(4)16(20)19-17-15(18(21)22-7-3)13-9-8-12(6-2)10-14(13)23-17/h11-12H,5-10H2,1-4H3,(H,19,20)/t11-,12+/m1/s1. The summed E-state index contributed by atoms with van der Waals surface area (Å²) in [7, 11) is 0. The van der Waals surface area contributed by atoms with Crippen LogP contribution in [0.5, 0.6) is 0 Å². The van der Waals surface area contributed by atoms with Gasteiger partial charge in [-0.25, -0.2) is 4.79 Å². The molecule has 1 amide bonds. The third-order valence-corrected chi connectivity index (χ3v) is 5.89. The van der Waals surface area contributed by atoms with E-state index < -0.39 is 0 Å². The Morgan fingerprint density at radius 2 is 2.09 bits per heavy atom. The summed E-state index contributed by atoms with van der Waals surface area (Å²) >= 11 is 1.56. The molecule has 5 heteroatoms. The van der Waals surface area contributed by atoms with Crippen molar-refractivity contribution in [3.63, 3.8) is 0 Å². The first-order valence-corrected chi connectivity index (χ1v) is 9.45. The van der Waals surface area contributed by atoms with Crippen LogP contribution in [0.4, 0.5) is 5.00 Å². The third-order valence-electron chi connectivity index (χ3n) is 4.72. The Morgan fingerprint density at radius 1 is 1.35 bits per heavy atom. The molecule has 0 saturated carbocycles. The number of thiophene rings is 1. The fourth-order valence-corrected chi connectivity index (χ4v) is 4.28. The van der Waals surface area contributed by atoms with Gasteiger partial charge in [-0.05, 0) is 44.1 Å². The highest BCUT2D eigenvalue weighted by Crippen LogP contribution is 2.41. The largest absolute Gasteiger partial charge is 0.462 e. The quantitative estimate of drug-likeness (QED) is 0.782. The van der Waals surface area contributed by atoms with E-state index in [1.807, 2.05) is 13.8 Å². The first kappa shape index (κ1) is 18.0. The van der Waals surface area contributed by atoms with Crippen LogP contribution >= 0.6 is 11.3 Å². The van der Waals surface area contributed by atoms with Gasteiger partial charge in [-0.2, -0.15) is 0 Å². The highest BCUT2D eigenvalue weighted by Gasteiger charge is 2.30. The van der Waals surface area contributed by atoms with E-state index in [4.69, 9.17) is 4.74 Å². The molecule has 1 aromatic heterocycles. The maximum absolute atomic E-state index is 12.4. The van der Waals surface area contributed by atoms with Gasteiger partial charge in [-0.1, -0.05) is 27.2 Å². The van der Waals surface area contributed by atoms with Crippen molar-refractivity contribution >= 4 is 28.2 Å². The van der Waals surface area contributed by atoms with Gasteiger partial charge in [0.25, 0.3) is 0 Å². The molecule has 128 valence electrons. The Labute approximate surface area is 142 Å². The fraction of sp³-hybridized carbons (Fsp3) is 0.667. The molecule has 0 aliphatic heterocycles. The van der Waals surface area contributed by atoms with Crippen molar-refractivity contribution in [1.82, 2.24) is 0 Å². The van der Waals surface area contributed by atoms with E-state index in [1.165, 1.54) is 4.88 Å². The molecule has 0 radical (unpaired) electrons. The summed E-state index contributed by atoms with van der Waals surface area (Å²) < 4.78 is 5.23. The van der Waals surface area contributed by atoms with E-state index in [9.17, 15) is 9.59 Å². The number of amides is 1. The van der Waals surface area contributed by atoms with Gasteiger partial charge in [0, 0.05) is 10.8 Å². The number of fused-ring (bicyclic) bond motifs is 1. The minimum Gasteiger partial charge on any atom is -0.462 e. The number of nitrogens with one attached hydrogen (secondary N) is 1. The molecule has 0 aromatic carbocycles. The number of hydrogen-bond donors (Lipinski definition) is 1. The Hall–Kier alpha value is -1.36. The zero-order valence-electron chi connectivity index (χ0n) is 14.5. The summed E-state index contributed by atoms with van der Waals surface area (Å²) in [5, 5.41) is 3.65. The number of ether oxygens (including phenoxy) is 1. The number of rotatable bonds is 6. The molecule has 1 aliphatic carbocycles. The number of carbonyl (C=O) groups excluding carboxylic acids is 2. The van der Waals surface area contributed by atoms with E-state index in [1.54, 1.807) is 18.3 Å². The zero-order valence-corrected chi connectivity index (χ0v) is 15.3. The van der Waals surface area contributed by atoms with Crippen LogP contribution < -0.4 is 5.32 Å². The van der Waals surface area contributed by atoms with Crippen LogP contribution in [-0.4, -0.2) is 18.5 Å². The summed E-state index contributed by atoms with van der Waals surface area (Å²) in [4.78, 5) is 25.9. The summed E-state index contributed by atoms with van der Waals surface area (Å²) in [6.45, 7) is 8.25. The Morgan fingerprint density at radius 3 is 2.70 bits per heavy atom. The average molecular weight is 337 g/mol. The van der Waals surface area contributed by atoms with Gasteiger partial charge in [-0.15, -0.1) is 11.3 Å². The second-order valence-electron chi connectivity index (χ2n) is 6.24. The maximum atomic E-state index is 12.4. The highest BCUT2D eigenvalue weighted by atomic mass is 32.1. The average Bonchev–Trinajstić information content (AvgIpc) is 2.90. The predicted octanol–water partition coefficient (Wildman–Crippen LogP) is 4.42. The topological polar surface area (TPSA) is 55.4 Å². The molecule has 4 nitrogen and oxygen atoms in total. The van der Waals surface area contributed by atoms with E-state index in [-0.39, 0.29) is 17.8 Å². The smallest absolute Gasteiger partial charge is 0.341 e. The van der Waals surface area contributed by atoms with Crippen molar-refractivity contribution in [3.05, 3.63) is 16.0 Å². The van der Waals surface area contributed by atoms with Crippen LogP contribution in [0, 0.1) is 11.8 Å². The van der Waals surface area contributed by atoms with E-state index in [2.05, 4.69) is 12.2 Å². The lowest BCUT2D eigenvalue weighted by atomic mass is 9.85. The van der Waals surface area contributed by atoms with Crippen molar-refractivity contribution in [3.8, 4) is 0 Å². The molecule has 0 fully saturated rings. The normalized spacial score (nSPS) is 18.2. The molecule has 0 unspecified atom stereocenters. The van der Waals surface area contributed by atoms with Crippen LogP contribution in [-0.2, 0) is 22.4 Å². The molecule has 1 heterocycles. The highest BCUT2D eigenvalue weighted by molar-refractivity contribution is 7.17. The molecule has 0 bridgehead atoms. The van der Waals surface area contributed by atoms with E-state index in [0.717, 1.165) is 37.7 Å². The Balaban J connectivity index is 2.34. The second kappa shape index (κ2) is 7.95. The minimum atomic E-state index is -0.306. The number of anilines is 1. The number of carbonyl (C=O) groups is 2. The Bertz CT molecular complexity index is 579. The van der Waals surface area contributed by atoms with Crippen molar-refractivity contribution in [1.29, 1.82) is 0 Å². The zero-order chi connectivity index (χ0) is 17.0. The van der Waals surface area contributed by atoms with Gasteiger partial charge >= 0.3 is 5.97 Å². The summed E-state index contributed by atoms with van der Waals surface area (Å²) in [6, 6.07) is 0. The lowest BCUT2D eigenvalue weighted by Gasteiger charge is -2.21. The van der Waals surface area contributed by atoms with Crippen molar-refractivity contribution in [2.75, 3.05) is 11.9 Å². The molecular formula is C18H27NO3S. The molecule has 2 rings (SSSR count). The molecule has 0 saturated heterocycles. The molecule has 1 aromatic rings. The van der Waals surface area contributed by atoms with Gasteiger partial charge in [0.05, 0.1) is 12.2 Å². The first-order valence-electron chi connectivity index (χ1n) is 8.64. The fourth-order valence-electron chi connectivity index (χ4n) is 2.93. The van der Waals surface area contributed by atoms with Gasteiger partial charge in [0.2, 0.25) is 5.91 Å². The van der Waals surface area contributed by atoms with Crippen LogP contribution in [0.2, 0.25) is 0 Å². The minimum absolute atomic E-state index is 0.0244.